The lowest BCUT2D eigenvalue weighted by molar-refractivity contribution is 0.157. The molecule has 0 aliphatic carbocycles. The van der Waals surface area contributed by atoms with Crippen LogP contribution in [0.4, 0.5) is 10.1 Å². The molecule has 0 bridgehead atoms. The van der Waals surface area contributed by atoms with Crippen molar-refractivity contribution in [3.05, 3.63) is 30.1 Å². The summed E-state index contributed by atoms with van der Waals surface area (Å²) in [5.41, 5.74) is 8.57. The van der Waals surface area contributed by atoms with Gasteiger partial charge in [0.2, 0.25) is 0 Å². The molecule has 2 atom stereocenters. The molecule has 0 saturated carbocycles. The number of aromatic nitrogens is 2. The predicted molar refractivity (Wildman–Crippen MR) is 98.5 cm³/mol. The quantitative estimate of drug-likeness (QED) is 0.903. The van der Waals surface area contributed by atoms with Crippen LogP contribution in [-0.2, 0) is 0 Å². The number of hydrogen-bond donors (Lipinski definition) is 1. The molecule has 1 aromatic carbocycles. The molecule has 1 aromatic heterocycles. The molecule has 2 saturated heterocycles. The molecule has 136 valence electrons. The third-order valence-electron chi connectivity index (χ3n) is 5.55. The minimum Gasteiger partial charge on any atom is -0.366 e. The molecule has 4 rings (SSSR count). The third kappa shape index (κ3) is 3.22. The van der Waals surface area contributed by atoms with Gasteiger partial charge in [0.25, 0.3) is 0 Å². The summed E-state index contributed by atoms with van der Waals surface area (Å²) in [7, 11) is 0. The summed E-state index contributed by atoms with van der Waals surface area (Å²) >= 11 is 0. The molecule has 7 heteroatoms. The SMILES string of the molecule is N#Cc1ccc(N2CC(F)[C@@H](CN3CCC(N)CC3)C2)c2nccnc12. The summed E-state index contributed by atoms with van der Waals surface area (Å²) in [6, 6.07) is 6.05. The lowest BCUT2D eigenvalue weighted by Crippen LogP contribution is -2.43. The van der Waals surface area contributed by atoms with Gasteiger partial charge in [0.05, 0.1) is 11.3 Å². The standard InChI is InChI=1S/C19H23FN6/c20-16-12-26(11-14(16)10-25-7-3-15(22)4-8-25)17-2-1-13(9-21)18-19(17)24-6-5-23-18/h1-2,5-6,14-16H,3-4,7-8,10-12,22H2/t14-,16?/m0/s1. The van der Waals surface area contributed by atoms with Crippen LogP contribution in [0.2, 0.25) is 0 Å². The van der Waals surface area contributed by atoms with Crippen LogP contribution in [0.3, 0.4) is 0 Å². The van der Waals surface area contributed by atoms with Crippen molar-refractivity contribution in [3.8, 4) is 6.07 Å². The molecule has 0 spiro atoms. The second-order valence-corrected chi connectivity index (χ2v) is 7.32. The Balaban J connectivity index is 1.53. The number of fused-ring (bicyclic) bond motifs is 1. The zero-order chi connectivity index (χ0) is 18.1. The Bertz CT molecular complexity index is 826. The number of hydrogen-bond acceptors (Lipinski definition) is 6. The highest BCUT2D eigenvalue weighted by Gasteiger charge is 2.35. The van der Waals surface area contributed by atoms with Crippen LogP contribution in [0, 0.1) is 17.2 Å². The summed E-state index contributed by atoms with van der Waals surface area (Å²) in [4.78, 5) is 13.1. The maximum Gasteiger partial charge on any atom is 0.123 e. The van der Waals surface area contributed by atoms with Gasteiger partial charge in [-0.3, -0.25) is 9.97 Å². The Labute approximate surface area is 152 Å². The second kappa shape index (κ2) is 7.14. The monoisotopic (exact) mass is 354 g/mol. The number of rotatable bonds is 3. The molecule has 3 heterocycles. The molecule has 2 aromatic rings. The highest BCUT2D eigenvalue weighted by atomic mass is 19.1. The normalized spacial score (nSPS) is 24.9. The number of nitriles is 1. The van der Waals surface area contributed by atoms with E-state index >= 15 is 0 Å². The van der Waals surface area contributed by atoms with Crippen LogP contribution >= 0.6 is 0 Å². The van der Waals surface area contributed by atoms with Crippen LogP contribution in [-0.4, -0.2) is 59.8 Å². The number of alkyl halides is 1. The van der Waals surface area contributed by atoms with E-state index in [4.69, 9.17) is 5.73 Å². The van der Waals surface area contributed by atoms with E-state index in [1.807, 2.05) is 11.0 Å². The van der Waals surface area contributed by atoms with E-state index in [9.17, 15) is 9.65 Å². The van der Waals surface area contributed by atoms with Gasteiger partial charge in [0.15, 0.2) is 0 Å². The number of nitrogens with two attached hydrogens (primary N) is 1. The fourth-order valence-electron chi connectivity index (χ4n) is 4.06. The molecule has 26 heavy (non-hydrogen) atoms. The number of likely N-dealkylation sites (tertiary alicyclic amines) is 1. The van der Waals surface area contributed by atoms with E-state index in [0.29, 0.717) is 29.7 Å². The first-order chi connectivity index (χ1) is 12.7. The van der Waals surface area contributed by atoms with Gasteiger partial charge in [-0.25, -0.2) is 4.39 Å². The van der Waals surface area contributed by atoms with E-state index in [1.165, 1.54) is 0 Å². The predicted octanol–water partition coefficient (Wildman–Crippen LogP) is 1.70. The Hall–Kier alpha value is -2.30. The Morgan fingerprint density at radius 2 is 1.88 bits per heavy atom. The van der Waals surface area contributed by atoms with Crippen molar-refractivity contribution in [2.24, 2.45) is 11.7 Å². The third-order valence-corrected chi connectivity index (χ3v) is 5.55. The Kier molecular flexibility index (Phi) is 4.70. The van der Waals surface area contributed by atoms with E-state index < -0.39 is 6.17 Å². The van der Waals surface area contributed by atoms with Gasteiger partial charge in [-0.1, -0.05) is 0 Å². The highest BCUT2D eigenvalue weighted by Crippen LogP contribution is 2.32. The summed E-state index contributed by atoms with van der Waals surface area (Å²) in [6.07, 6.45) is 4.31. The van der Waals surface area contributed by atoms with Gasteiger partial charge in [0.1, 0.15) is 23.3 Å². The van der Waals surface area contributed by atoms with Crippen LogP contribution in [0.15, 0.2) is 24.5 Å². The fraction of sp³-hybridized carbons (Fsp3) is 0.526. The first kappa shape index (κ1) is 17.1. The van der Waals surface area contributed by atoms with Crippen LogP contribution in [0.25, 0.3) is 11.0 Å². The number of halogens is 1. The zero-order valence-electron chi connectivity index (χ0n) is 14.7. The Morgan fingerprint density at radius 3 is 2.62 bits per heavy atom. The average Bonchev–Trinajstić information content (AvgIpc) is 3.03. The number of benzene rings is 1. The highest BCUT2D eigenvalue weighted by molar-refractivity contribution is 5.92. The van der Waals surface area contributed by atoms with Crippen molar-refractivity contribution in [2.75, 3.05) is 37.6 Å². The molecular formula is C19H23FN6. The summed E-state index contributed by atoms with van der Waals surface area (Å²) in [5, 5.41) is 9.27. The van der Waals surface area contributed by atoms with Crippen molar-refractivity contribution in [1.29, 1.82) is 5.26 Å². The van der Waals surface area contributed by atoms with Gasteiger partial charge >= 0.3 is 0 Å². The Morgan fingerprint density at radius 1 is 1.15 bits per heavy atom. The van der Waals surface area contributed by atoms with Crippen LogP contribution in [0.5, 0.6) is 0 Å². The van der Waals surface area contributed by atoms with E-state index in [0.717, 1.165) is 38.2 Å². The first-order valence-electron chi connectivity index (χ1n) is 9.16. The minimum absolute atomic E-state index is 0.0216. The summed E-state index contributed by atoms with van der Waals surface area (Å²) < 4.78 is 14.7. The maximum absolute atomic E-state index is 14.7. The van der Waals surface area contributed by atoms with Crippen molar-refractivity contribution in [2.45, 2.75) is 25.1 Å². The van der Waals surface area contributed by atoms with Gasteiger partial charge in [-0.2, -0.15) is 5.26 Å². The molecule has 0 amide bonds. The smallest absolute Gasteiger partial charge is 0.123 e. The molecule has 6 nitrogen and oxygen atoms in total. The summed E-state index contributed by atoms with van der Waals surface area (Å²) in [6.45, 7) is 3.69. The van der Waals surface area contributed by atoms with E-state index in [1.54, 1.807) is 18.5 Å². The van der Waals surface area contributed by atoms with E-state index in [-0.39, 0.29) is 12.0 Å². The molecule has 2 aliphatic heterocycles. The minimum atomic E-state index is -0.868. The molecule has 1 unspecified atom stereocenters. The molecular weight excluding hydrogens is 331 g/mol. The van der Waals surface area contributed by atoms with Crippen molar-refractivity contribution >= 4 is 16.7 Å². The summed E-state index contributed by atoms with van der Waals surface area (Å²) in [5.74, 6) is -0.0216. The average molecular weight is 354 g/mol. The van der Waals surface area contributed by atoms with Crippen LogP contribution in [0.1, 0.15) is 18.4 Å². The fourth-order valence-corrected chi connectivity index (χ4v) is 4.06. The number of piperidine rings is 1. The van der Waals surface area contributed by atoms with Crippen molar-refractivity contribution in [3.63, 3.8) is 0 Å². The zero-order valence-corrected chi connectivity index (χ0v) is 14.7. The van der Waals surface area contributed by atoms with Crippen LogP contribution < -0.4 is 10.6 Å². The van der Waals surface area contributed by atoms with Gasteiger partial charge in [0, 0.05) is 44.0 Å². The van der Waals surface area contributed by atoms with Gasteiger partial charge < -0.3 is 15.5 Å². The maximum atomic E-state index is 14.7. The number of nitrogens with zero attached hydrogens (tertiary/aromatic N) is 5. The lowest BCUT2D eigenvalue weighted by atomic mass is 10.0. The van der Waals surface area contributed by atoms with Crippen molar-refractivity contribution < 1.29 is 4.39 Å². The first-order valence-corrected chi connectivity index (χ1v) is 9.16. The second-order valence-electron chi connectivity index (χ2n) is 7.32. The number of anilines is 1. The van der Waals surface area contributed by atoms with Gasteiger partial charge in [-0.15, -0.1) is 0 Å². The largest absolute Gasteiger partial charge is 0.366 e. The van der Waals surface area contributed by atoms with Crippen molar-refractivity contribution in [1.82, 2.24) is 14.9 Å². The van der Waals surface area contributed by atoms with Gasteiger partial charge in [-0.05, 0) is 38.1 Å². The molecule has 2 aliphatic rings. The molecule has 2 fully saturated rings. The topological polar surface area (TPSA) is 82.1 Å². The lowest BCUT2D eigenvalue weighted by Gasteiger charge is -2.32. The van der Waals surface area contributed by atoms with E-state index in [2.05, 4.69) is 20.9 Å². The molecule has 2 N–H and O–H groups in total. The molecule has 0 radical (unpaired) electrons.